The maximum absolute atomic E-state index is 13.1. The van der Waals surface area contributed by atoms with Crippen LogP contribution >= 0.6 is 0 Å². The molecular formula is C24H22FN3O. The molecule has 4 rings (SSSR count). The van der Waals surface area contributed by atoms with Crippen molar-refractivity contribution < 1.29 is 4.39 Å². The van der Waals surface area contributed by atoms with E-state index in [1.165, 1.54) is 22.9 Å². The van der Waals surface area contributed by atoms with Crippen LogP contribution in [0.25, 0.3) is 10.8 Å². The van der Waals surface area contributed by atoms with Gasteiger partial charge in [-0.25, -0.2) is 9.37 Å². The van der Waals surface area contributed by atoms with Crippen LogP contribution in [-0.2, 0) is 19.4 Å². The summed E-state index contributed by atoms with van der Waals surface area (Å²) in [6.45, 7) is 2.41. The van der Waals surface area contributed by atoms with Crippen molar-refractivity contribution in [2.24, 2.45) is 0 Å². The highest BCUT2D eigenvalue weighted by atomic mass is 19.1. The lowest BCUT2D eigenvalue weighted by Crippen LogP contribution is -2.20. The zero-order valence-electron chi connectivity index (χ0n) is 16.2. The summed E-state index contributed by atoms with van der Waals surface area (Å²) in [6.07, 6.45) is 1.19. The van der Waals surface area contributed by atoms with Gasteiger partial charge in [0, 0.05) is 18.5 Å². The van der Waals surface area contributed by atoms with E-state index in [9.17, 15) is 9.18 Å². The first-order valence-corrected chi connectivity index (χ1v) is 9.71. The normalized spacial score (nSPS) is 11.0. The molecule has 0 radical (unpaired) electrons. The molecule has 0 bridgehead atoms. The summed E-state index contributed by atoms with van der Waals surface area (Å²) >= 11 is 0. The number of aromatic nitrogens is 2. The van der Waals surface area contributed by atoms with Crippen molar-refractivity contribution in [2.45, 2.75) is 26.3 Å². The van der Waals surface area contributed by atoms with Crippen molar-refractivity contribution in [3.05, 3.63) is 105 Å². The van der Waals surface area contributed by atoms with Crippen LogP contribution in [0, 0.1) is 5.82 Å². The summed E-state index contributed by atoms with van der Waals surface area (Å²) in [5.41, 5.74) is 3.39. The van der Waals surface area contributed by atoms with E-state index >= 15 is 0 Å². The number of nitrogens with one attached hydrogen (secondary N) is 2. The van der Waals surface area contributed by atoms with Crippen molar-refractivity contribution in [2.75, 3.05) is 5.32 Å². The molecule has 1 aromatic heterocycles. The standard InChI is InChI=1S/C24H22FN3O/c1-2-20-22(14-18-8-5-7-17-6-3-4-9-21(17)18)27-24(28-23(20)29)26-15-16-10-12-19(25)13-11-16/h3-13H,2,14-15H2,1H3,(H2,26,27,28,29). The SMILES string of the molecule is CCc1c(Cc2cccc3ccccc23)nc(NCc2ccc(F)cc2)[nH]c1=O. The first-order valence-electron chi connectivity index (χ1n) is 9.71. The molecule has 0 fully saturated rings. The average Bonchev–Trinajstić information content (AvgIpc) is 2.73. The first-order chi connectivity index (χ1) is 14.1. The Bertz CT molecular complexity index is 1190. The van der Waals surface area contributed by atoms with Gasteiger partial charge in [0.25, 0.3) is 5.56 Å². The Hall–Kier alpha value is -3.47. The minimum Gasteiger partial charge on any atom is -0.352 e. The van der Waals surface area contributed by atoms with Gasteiger partial charge in [0.05, 0.1) is 5.69 Å². The van der Waals surface area contributed by atoms with Crippen molar-refractivity contribution in [1.82, 2.24) is 9.97 Å². The maximum atomic E-state index is 13.1. The second-order valence-corrected chi connectivity index (χ2v) is 6.99. The number of hydrogen-bond acceptors (Lipinski definition) is 3. The topological polar surface area (TPSA) is 57.8 Å². The van der Waals surface area contributed by atoms with Gasteiger partial charge in [-0.3, -0.25) is 9.78 Å². The van der Waals surface area contributed by atoms with Gasteiger partial charge < -0.3 is 5.32 Å². The zero-order valence-corrected chi connectivity index (χ0v) is 16.2. The molecule has 0 aliphatic rings. The summed E-state index contributed by atoms with van der Waals surface area (Å²) < 4.78 is 13.1. The number of halogens is 1. The highest BCUT2D eigenvalue weighted by Crippen LogP contribution is 2.22. The van der Waals surface area contributed by atoms with Gasteiger partial charge in [0.15, 0.2) is 0 Å². The van der Waals surface area contributed by atoms with E-state index in [0.29, 0.717) is 30.9 Å². The third kappa shape index (κ3) is 4.19. The molecule has 0 unspecified atom stereocenters. The fourth-order valence-electron chi connectivity index (χ4n) is 3.55. The molecule has 4 aromatic rings. The average molecular weight is 387 g/mol. The lowest BCUT2D eigenvalue weighted by Gasteiger charge is -2.12. The lowest BCUT2D eigenvalue weighted by molar-refractivity contribution is 0.627. The van der Waals surface area contributed by atoms with Crippen LogP contribution in [-0.4, -0.2) is 9.97 Å². The predicted octanol–water partition coefficient (Wildman–Crippen LogP) is 4.83. The smallest absolute Gasteiger partial charge is 0.255 e. The van der Waals surface area contributed by atoms with Gasteiger partial charge in [-0.2, -0.15) is 0 Å². The summed E-state index contributed by atoms with van der Waals surface area (Å²) in [4.78, 5) is 20.1. The van der Waals surface area contributed by atoms with Crippen LogP contribution in [0.3, 0.4) is 0 Å². The van der Waals surface area contributed by atoms with Gasteiger partial charge >= 0.3 is 0 Å². The molecule has 0 aliphatic carbocycles. The molecule has 0 aliphatic heterocycles. The van der Waals surface area contributed by atoms with Crippen LogP contribution in [0.2, 0.25) is 0 Å². The molecule has 0 atom stereocenters. The minimum absolute atomic E-state index is 0.126. The van der Waals surface area contributed by atoms with E-state index in [2.05, 4.69) is 34.6 Å². The molecule has 3 aromatic carbocycles. The van der Waals surface area contributed by atoms with Gasteiger partial charge in [-0.15, -0.1) is 0 Å². The molecule has 1 heterocycles. The summed E-state index contributed by atoms with van der Waals surface area (Å²) in [6, 6.07) is 20.7. The summed E-state index contributed by atoms with van der Waals surface area (Å²) in [5.74, 6) is 0.150. The molecule has 146 valence electrons. The zero-order chi connectivity index (χ0) is 20.2. The molecule has 5 heteroatoms. The fourth-order valence-corrected chi connectivity index (χ4v) is 3.55. The van der Waals surface area contributed by atoms with E-state index in [1.54, 1.807) is 12.1 Å². The Morgan fingerprint density at radius 1 is 1.00 bits per heavy atom. The highest BCUT2D eigenvalue weighted by molar-refractivity contribution is 5.85. The summed E-state index contributed by atoms with van der Waals surface area (Å²) in [7, 11) is 0. The first kappa shape index (κ1) is 18.9. The van der Waals surface area contributed by atoms with Crippen LogP contribution in [0.15, 0.2) is 71.5 Å². The second kappa shape index (κ2) is 8.27. The monoisotopic (exact) mass is 387 g/mol. The Kier molecular flexibility index (Phi) is 5.38. The fraction of sp³-hybridized carbons (Fsp3) is 0.167. The Balaban J connectivity index is 1.65. The molecule has 0 saturated heterocycles. The Labute approximate surface area is 168 Å². The molecule has 2 N–H and O–H groups in total. The van der Waals surface area contributed by atoms with E-state index in [0.717, 1.165) is 16.8 Å². The number of anilines is 1. The lowest BCUT2D eigenvalue weighted by atomic mass is 9.99. The highest BCUT2D eigenvalue weighted by Gasteiger charge is 2.12. The number of fused-ring (bicyclic) bond motifs is 1. The predicted molar refractivity (Wildman–Crippen MR) is 115 cm³/mol. The van der Waals surface area contributed by atoms with Gasteiger partial charge in [-0.1, -0.05) is 61.5 Å². The number of rotatable bonds is 6. The number of nitrogens with zero attached hydrogens (tertiary/aromatic N) is 1. The van der Waals surface area contributed by atoms with Crippen molar-refractivity contribution in [1.29, 1.82) is 0 Å². The van der Waals surface area contributed by atoms with E-state index in [-0.39, 0.29) is 11.4 Å². The van der Waals surface area contributed by atoms with Crippen LogP contribution in [0.1, 0.15) is 29.3 Å². The molecular weight excluding hydrogens is 365 g/mol. The number of H-pyrrole nitrogens is 1. The van der Waals surface area contributed by atoms with E-state index in [1.807, 2.05) is 25.1 Å². The van der Waals surface area contributed by atoms with Crippen LogP contribution in [0.5, 0.6) is 0 Å². The van der Waals surface area contributed by atoms with Gasteiger partial charge in [0.2, 0.25) is 5.95 Å². The third-order valence-corrected chi connectivity index (χ3v) is 5.07. The number of benzene rings is 3. The molecule has 0 amide bonds. The molecule has 0 spiro atoms. The quantitative estimate of drug-likeness (QED) is 0.498. The van der Waals surface area contributed by atoms with Crippen LogP contribution in [0.4, 0.5) is 10.3 Å². The molecule has 29 heavy (non-hydrogen) atoms. The van der Waals surface area contributed by atoms with Crippen molar-refractivity contribution in [3.63, 3.8) is 0 Å². The van der Waals surface area contributed by atoms with Gasteiger partial charge in [0.1, 0.15) is 5.82 Å². The Morgan fingerprint density at radius 2 is 1.76 bits per heavy atom. The van der Waals surface area contributed by atoms with Gasteiger partial charge in [-0.05, 0) is 40.5 Å². The number of aromatic amines is 1. The van der Waals surface area contributed by atoms with Crippen molar-refractivity contribution in [3.8, 4) is 0 Å². The summed E-state index contributed by atoms with van der Waals surface area (Å²) in [5, 5.41) is 5.48. The molecule has 4 nitrogen and oxygen atoms in total. The minimum atomic E-state index is -0.273. The Morgan fingerprint density at radius 3 is 2.55 bits per heavy atom. The maximum Gasteiger partial charge on any atom is 0.255 e. The van der Waals surface area contributed by atoms with E-state index < -0.39 is 0 Å². The second-order valence-electron chi connectivity index (χ2n) is 6.99. The van der Waals surface area contributed by atoms with Crippen LogP contribution < -0.4 is 10.9 Å². The van der Waals surface area contributed by atoms with E-state index in [4.69, 9.17) is 4.98 Å². The van der Waals surface area contributed by atoms with Crippen molar-refractivity contribution >= 4 is 16.7 Å². The largest absolute Gasteiger partial charge is 0.352 e. The number of hydrogen-bond donors (Lipinski definition) is 2. The third-order valence-electron chi connectivity index (χ3n) is 5.07. The molecule has 0 saturated carbocycles.